The van der Waals surface area contributed by atoms with E-state index in [0.717, 1.165) is 0 Å². The first-order chi connectivity index (χ1) is 12.4. The van der Waals surface area contributed by atoms with Crippen LogP contribution in [0.3, 0.4) is 0 Å². The molecule has 0 atom stereocenters. The lowest BCUT2D eigenvalue weighted by atomic mass is 10.1. The minimum absolute atomic E-state index is 0.0504. The maximum absolute atomic E-state index is 12.6. The van der Waals surface area contributed by atoms with Crippen LogP contribution < -0.4 is 10.1 Å². The Bertz CT molecular complexity index is 807. The number of benzene rings is 2. The lowest BCUT2D eigenvalue weighted by Gasteiger charge is -2.14. The van der Waals surface area contributed by atoms with Crippen molar-refractivity contribution in [2.24, 2.45) is 0 Å². The zero-order valence-corrected chi connectivity index (χ0v) is 15.3. The minimum atomic E-state index is -1.09. The fourth-order valence-electron chi connectivity index (χ4n) is 2.33. The maximum Gasteiger partial charge on any atom is 0.335 e. The van der Waals surface area contributed by atoms with Crippen molar-refractivity contribution in [3.05, 3.63) is 58.1 Å². The summed E-state index contributed by atoms with van der Waals surface area (Å²) in [6, 6.07) is 9.44. The number of aryl methyl sites for hydroxylation is 1. The predicted octanol–water partition coefficient (Wildman–Crippen LogP) is 4.01. The minimum Gasteiger partial charge on any atom is -0.487 e. The summed E-state index contributed by atoms with van der Waals surface area (Å²) >= 11 is 6.17. The topological polar surface area (TPSA) is 84.9 Å². The highest BCUT2D eigenvalue weighted by molar-refractivity contribution is 6.32. The standard InChI is InChI=1S/C19H20ClNO5/c1-3-25-7-8-26-17-15(20)5-4-6-16(17)21-18(22)13-9-12(2)10-14(11-13)19(23)24/h4-6,9-11H,3,7-8H2,1-2H3,(H,21,22)(H,23,24). The summed E-state index contributed by atoms with van der Waals surface area (Å²) < 4.78 is 10.8. The molecule has 0 heterocycles. The third-order valence-electron chi connectivity index (χ3n) is 3.48. The molecule has 0 unspecified atom stereocenters. The van der Waals surface area contributed by atoms with E-state index < -0.39 is 11.9 Å². The fourth-order valence-corrected chi connectivity index (χ4v) is 2.56. The van der Waals surface area contributed by atoms with E-state index in [4.69, 9.17) is 26.2 Å². The van der Waals surface area contributed by atoms with Crippen molar-refractivity contribution < 1.29 is 24.2 Å². The lowest BCUT2D eigenvalue weighted by molar-refractivity contribution is 0.0696. The molecule has 0 fully saturated rings. The smallest absolute Gasteiger partial charge is 0.335 e. The number of carbonyl (C=O) groups is 2. The van der Waals surface area contributed by atoms with E-state index in [9.17, 15) is 9.59 Å². The van der Waals surface area contributed by atoms with Crippen LogP contribution in [0.5, 0.6) is 5.75 Å². The number of hydrogen-bond donors (Lipinski definition) is 2. The van der Waals surface area contributed by atoms with Gasteiger partial charge in [0.25, 0.3) is 5.91 Å². The van der Waals surface area contributed by atoms with Gasteiger partial charge in [-0.25, -0.2) is 4.79 Å². The van der Waals surface area contributed by atoms with Gasteiger partial charge < -0.3 is 19.9 Å². The van der Waals surface area contributed by atoms with Gasteiger partial charge in [-0.2, -0.15) is 0 Å². The van der Waals surface area contributed by atoms with Gasteiger partial charge in [0.1, 0.15) is 6.61 Å². The number of amides is 1. The van der Waals surface area contributed by atoms with Gasteiger partial charge in [0.2, 0.25) is 0 Å². The Kier molecular flexibility index (Phi) is 7.00. The number of para-hydroxylation sites is 1. The molecule has 0 aliphatic carbocycles. The van der Waals surface area contributed by atoms with Crippen molar-refractivity contribution in [3.8, 4) is 5.75 Å². The molecule has 7 heteroatoms. The number of aromatic carboxylic acids is 1. The highest BCUT2D eigenvalue weighted by Gasteiger charge is 2.15. The summed E-state index contributed by atoms with van der Waals surface area (Å²) in [4.78, 5) is 23.7. The number of ether oxygens (including phenoxy) is 2. The van der Waals surface area contributed by atoms with Gasteiger partial charge in [-0.3, -0.25) is 4.79 Å². The second-order valence-electron chi connectivity index (χ2n) is 5.51. The predicted molar refractivity (Wildman–Crippen MR) is 99.5 cm³/mol. The SMILES string of the molecule is CCOCCOc1c(Cl)cccc1NC(=O)c1cc(C)cc(C(=O)O)c1. The van der Waals surface area contributed by atoms with Gasteiger partial charge in [0, 0.05) is 12.2 Å². The Morgan fingerprint density at radius 2 is 1.88 bits per heavy atom. The van der Waals surface area contributed by atoms with Crippen LogP contribution in [0.25, 0.3) is 0 Å². The number of anilines is 1. The Hall–Kier alpha value is -2.57. The Morgan fingerprint density at radius 3 is 2.58 bits per heavy atom. The Balaban J connectivity index is 2.21. The Labute approximate surface area is 156 Å². The van der Waals surface area contributed by atoms with Crippen LogP contribution in [0.4, 0.5) is 5.69 Å². The molecule has 1 amide bonds. The molecule has 0 bridgehead atoms. The first-order valence-electron chi connectivity index (χ1n) is 8.07. The van der Waals surface area contributed by atoms with Gasteiger partial charge in [-0.05, 0) is 49.7 Å². The average molecular weight is 378 g/mol. The molecule has 138 valence electrons. The van der Waals surface area contributed by atoms with E-state index in [1.54, 1.807) is 31.2 Å². The van der Waals surface area contributed by atoms with E-state index >= 15 is 0 Å². The van der Waals surface area contributed by atoms with Gasteiger partial charge in [-0.1, -0.05) is 17.7 Å². The zero-order valence-electron chi connectivity index (χ0n) is 14.5. The number of carboxylic acids is 1. The molecule has 0 aliphatic heterocycles. The van der Waals surface area contributed by atoms with Crippen LogP contribution in [0.15, 0.2) is 36.4 Å². The number of rotatable bonds is 8. The molecule has 2 aromatic carbocycles. The van der Waals surface area contributed by atoms with Crippen LogP contribution in [0.1, 0.15) is 33.2 Å². The van der Waals surface area contributed by atoms with Crippen LogP contribution in [-0.2, 0) is 4.74 Å². The third kappa shape index (κ3) is 5.21. The summed E-state index contributed by atoms with van der Waals surface area (Å²) in [5, 5.41) is 12.2. The van der Waals surface area contributed by atoms with E-state index in [1.807, 2.05) is 6.92 Å². The number of hydrogen-bond acceptors (Lipinski definition) is 4. The Morgan fingerprint density at radius 1 is 1.15 bits per heavy atom. The molecule has 2 rings (SSSR count). The van der Waals surface area contributed by atoms with Gasteiger partial charge in [0.15, 0.2) is 5.75 Å². The molecule has 0 radical (unpaired) electrons. The highest BCUT2D eigenvalue weighted by atomic mass is 35.5. The van der Waals surface area contributed by atoms with Crippen molar-refractivity contribution in [2.75, 3.05) is 25.1 Å². The maximum atomic E-state index is 12.6. The number of carboxylic acid groups (broad SMARTS) is 1. The summed E-state index contributed by atoms with van der Waals surface area (Å²) in [5.41, 5.74) is 1.36. The molecule has 0 aromatic heterocycles. The first-order valence-corrected chi connectivity index (χ1v) is 8.45. The van der Waals surface area contributed by atoms with Crippen LogP contribution in [-0.4, -0.2) is 36.8 Å². The van der Waals surface area contributed by atoms with E-state index in [2.05, 4.69) is 5.32 Å². The third-order valence-corrected chi connectivity index (χ3v) is 3.78. The van der Waals surface area contributed by atoms with Crippen LogP contribution in [0, 0.1) is 6.92 Å². The number of carbonyl (C=O) groups excluding carboxylic acids is 1. The zero-order chi connectivity index (χ0) is 19.1. The summed E-state index contributed by atoms with van der Waals surface area (Å²) in [5.74, 6) is -1.20. The van der Waals surface area contributed by atoms with Crippen LogP contribution in [0.2, 0.25) is 5.02 Å². The van der Waals surface area contributed by atoms with Gasteiger partial charge in [0.05, 0.1) is 22.9 Å². The molecule has 0 spiro atoms. The molecule has 6 nitrogen and oxygen atoms in total. The lowest BCUT2D eigenvalue weighted by Crippen LogP contribution is -2.15. The normalized spacial score (nSPS) is 10.4. The second-order valence-corrected chi connectivity index (χ2v) is 5.92. The molecular formula is C19H20ClNO5. The van der Waals surface area contributed by atoms with E-state index in [0.29, 0.717) is 35.2 Å². The van der Waals surface area contributed by atoms with Crippen molar-refractivity contribution in [1.82, 2.24) is 0 Å². The van der Waals surface area contributed by atoms with Crippen molar-refractivity contribution in [2.45, 2.75) is 13.8 Å². The van der Waals surface area contributed by atoms with E-state index in [-0.39, 0.29) is 17.7 Å². The van der Waals surface area contributed by atoms with Crippen molar-refractivity contribution >= 4 is 29.2 Å². The molecule has 0 aliphatic rings. The monoisotopic (exact) mass is 377 g/mol. The summed E-state index contributed by atoms with van der Waals surface area (Å²) in [7, 11) is 0. The van der Waals surface area contributed by atoms with Gasteiger partial charge >= 0.3 is 5.97 Å². The molecule has 26 heavy (non-hydrogen) atoms. The summed E-state index contributed by atoms with van der Waals surface area (Å²) in [6.07, 6.45) is 0. The average Bonchev–Trinajstić information content (AvgIpc) is 2.60. The summed E-state index contributed by atoms with van der Waals surface area (Å²) in [6.45, 7) is 4.87. The second kappa shape index (κ2) is 9.22. The first kappa shape index (κ1) is 19.8. The molecule has 2 N–H and O–H groups in total. The van der Waals surface area contributed by atoms with E-state index in [1.165, 1.54) is 12.1 Å². The molecule has 0 saturated carbocycles. The molecular weight excluding hydrogens is 358 g/mol. The largest absolute Gasteiger partial charge is 0.487 e. The quantitative estimate of drug-likeness (QED) is 0.679. The number of halogens is 1. The number of nitrogens with one attached hydrogen (secondary N) is 1. The fraction of sp³-hybridized carbons (Fsp3) is 0.263. The highest BCUT2D eigenvalue weighted by Crippen LogP contribution is 2.33. The molecule has 2 aromatic rings. The van der Waals surface area contributed by atoms with Crippen LogP contribution >= 0.6 is 11.6 Å². The van der Waals surface area contributed by atoms with Gasteiger partial charge in [-0.15, -0.1) is 0 Å². The molecule has 0 saturated heterocycles. The van der Waals surface area contributed by atoms with Crippen molar-refractivity contribution in [1.29, 1.82) is 0 Å². The van der Waals surface area contributed by atoms with Crippen molar-refractivity contribution in [3.63, 3.8) is 0 Å².